The molecule has 1 aliphatic heterocycles. The van der Waals surface area contributed by atoms with Crippen molar-refractivity contribution in [1.29, 1.82) is 0 Å². The number of esters is 2. The molecule has 0 aliphatic carbocycles. The lowest BCUT2D eigenvalue weighted by molar-refractivity contribution is -0.162. The third kappa shape index (κ3) is 5.51. The molecule has 2 aromatic rings. The Morgan fingerprint density at radius 2 is 1.55 bits per heavy atom. The van der Waals surface area contributed by atoms with Crippen molar-refractivity contribution in [2.24, 2.45) is 0 Å². The molecule has 166 valence electrons. The molecule has 6 nitrogen and oxygen atoms in total. The number of carbonyl (C=O) groups is 2. The molecule has 0 spiro atoms. The van der Waals surface area contributed by atoms with Crippen LogP contribution in [0.3, 0.4) is 0 Å². The van der Waals surface area contributed by atoms with Crippen LogP contribution in [0.5, 0.6) is 0 Å². The second kappa shape index (κ2) is 11.1. The summed E-state index contributed by atoms with van der Waals surface area (Å²) in [6.07, 6.45) is 0.468. The van der Waals surface area contributed by atoms with E-state index >= 15 is 0 Å². The van der Waals surface area contributed by atoms with Crippen LogP contribution in [0, 0.1) is 0 Å². The second-order valence-electron chi connectivity index (χ2n) is 7.77. The van der Waals surface area contributed by atoms with E-state index in [-0.39, 0.29) is 18.4 Å². The normalized spacial score (nSPS) is 17.0. The molecule has 31 heavy (non-hydrogen) atoms. The molecule has 1 saturated heterocycles. The molecule has 0 amide bonds. The van der Waals surface area contributed by atoms with Crippen molar-refractivity contribution in [3.05, 3.63) is 71.8 Å². The van der Waals surface area contributed by atoms with Crippen molar-refractivity contribution in [3.63, 3.8) is 0 Å². The average Bonchev–Trinajstić information content (AvgIpc) is 2.82. The number of carbonyl (C=O) groups excluding carboxylic acids is 2. The van der Waals surface area contributed by atoms with Crippen LogP contribution in [-0.2, 0) is 31.1 Å². The molecule has 0 N–H and O–H groups in total. The lowest BCUT2D eigenvalue weighted by Crippen LogP contribution is -2.59. The zero-order valence-electron chi connectivity index (χ0n) is 18.5. The van der Waals surface area contributed by atoms with Crippen molar-refractivity contribution in [2.45, 2.75) is 31.8 Å². The third-order valence-electron chi connectivity index (χ3n) is 5.94. The molecular weight excluding hydrogens is 392 g/mol. The van der Waals surface area contributed by atoms with Gasteiger partial charge in [-0.3, -0.25) is 14.6 Å². The number of piperazine rings is 1. The number of rotatable bonds is 9. The monoisotopic (exact) mass is 424 g/mol. The minimum absolute atomic E-state index is 0.147. The predicted molar refractivity (Wildman–Crippen MR) is 119 cm³/mol. The highest BCUT2D eigenvalue weighted by molar-refractivity contribution is 5.83. The van der Waals surface area contributed by atoms with Gasteiger partial charge in [0.15, 0.2) is 0 Å². The topological polar surface area (TPSA) is 59.1 Å². The lowest BCUT2D eigenvalue weighted by Gasteiger charge is -2.46. The molecule has 1 fully saturated rings. The summed E-state index contributed by atoms with van der Waals surface area (Å²) in [4.78, 5) is 30.0. The van der Waals surface area contributed by atoms with Gasteiger partial charge in [0.2, 0.25) is 0 Å². The van der Waals surface area contributed by atoms with Gasteiger partial charge in [0.25, 0.3) is 0 Å². The second-order valence-corrected chi connectivity index (χ2v) is 7.77. The molecular formula is C25H32N2O4. The number of hydrogen-bond donors (Lipinski definition) is 0. The number of benzene rings is 2. The van der Waals surface area contributed by atoms with E-state index in [4.69, 9.17) is 9.47 Å². The standard InChI is InChI=1S/C25H32N2O4/c1-3-31-24(29)25(15-14-23(28)30-2,22-12-8-5-9-13-22)27-18-16-26(17-19-27)20-21-10-6-4-7-11-21/h4-13H,3,14-20H2,1-2H3. The fourth-order valence-corrected chi connectivity index (χ4v) is 4.31. The number of hydrogen-bond acceptors (Lipinski definition) is 6. The first-order valence-electron chi connectivity index (χ1n) is 10.9. The summed E-state index contributed by atoms with van der Waals surface area (Å²) in [6, 6.07) is 20.1. The van der Waals surface area contributed by atoms with Gasteiger partial charge in [-0.15, -0.1) is 0 Å². The first-order chi connectivity index (χ1) is 15.1. The molecule has 6 heteroatoms. The van der Waals surface area contributed by atoms with Crippen LogP contribution in [0.1, 0.15) is 30.9 Å². The maximum atomic E-state index is 13.4. The van der Waals surface area contributed by atoms with Crippen molar-refractivity contribution < 1.29 is 19.1 Å². The van der Waals surface area contributed by atoms with Crippen LogP contribution >= 0.6 is 0 Å². The minimum atomic E-state index is -1.01. The van der Waals surface area contributed by atoms with Gasteiger partial charge in [-0.05, 0) is 24.5 Å². The Kier molecular flexibility index (Phi) is 8.20. The van der Waals surface area contributed by atoms with E-state index in [0.29, 0.717) is 26.1 Å². The van der Waals surface area contributed by atoms with Gasteiger partial charge >= 0.3 is 11.9 Å². The molecule has 0 saturated carbocycles. The van der Waals surface area contributed by atoms with E-state index in [9.17, 15) is 9.59 Å². The van der Waals surface area contributed by atoms with Crippen molar-refractivity contribution >= 4 is 11.9 Å². The summed E-state index contributed by atoms with van der Waals surface area (Å²) in [5.74, 6) is -0.631. The van der Waals surface area contributed by atoms with Crippen molar-refractivity contribution in [3.8, 4) is 0 Å². The average molecular weight is 425 g/mol. The summed E-state index contributed by atoms with van der Waals surface area (Å²) < 4.78 is 10.4. The Morgan fingerprint density at radius 3 is 2.13 bits per heavy atom. The Balaban J connectivity index is 1.84. The third-order valence-corrected chi connectivity index (χ3v) is 5.94. The summed E-state index contributed by atoms with van der Waals surface area (Å²) in [5, 5.41) is 0. The molecule has 0 radical (unpaired) electrons. The van der Waals surface area contributed by atoms with Crippen LogP contribution < -0.4 is 0 Å². The maximum Gasteiger partial charge on any atom is 0.331 e. The molecule has 2 aromatic carbocycles. The molecule has 3 rings (SSSR count). The van der Waals surface area contributed by atoms with Gasteiger partial charge in [-0.1, -0.05) is 60.7 Å². The first-order valence-corrected chi connectivity index (χ1v) is 10.9. The van der Waals surface area contributed by atoms with Crippen molar-refractivity contribution in [1.82, 2.24) is 9.80 Å². The summed E-state index contributed by atoms with van der Waals surface area (Å²) in [5.41, 5.74) is 1.12. The van der Waals surface area contributed by atoms with Crippen molar-refractivity contribution in [2.75, 3.05) is 39.9 Å². The van der Waals surface area contributed by atoms with Gasteiger partial charge in [0.05, 0.1) is 13.7 Å². The lowest BCUT2D eigenvalue weighted by atomic mass is 9.82. The van der Waals surface area contributed by atoms with Crippen LogP contribution in [0.25, 0.3) is 0 Å². The number of nitrogens with zero attached hydrogens (tertiary/aromatic N) is 2. The first kappa shape index (κ1) is 23.0. The van der Waals surface area contributed by atoms with Gasteiger partial charge in [-0.2, -0.15) is 0 Å². The van der Waals surface area contributed by atoms with Gasteiger partial charge in [0, 0.05) is 39.1 Å². The van der Waals surface area contributed by atoms with Crippen LogP contribution in [-0.4, -0.2) is 61.6 Å². The van der Waals surface area contributed by atoms with E-state index in [0.717, 1.165) is 25.2 Å². The Bertz CT molecular complexity index is 835. The van der Waals surface area contributed by atoms with E-state index in [1.54, 1.807) is 0 Å². The number of ether oxygens (including phenoxy) is 2. The maximum absolute atomic E-state index is 13.4. The molecule has 1 heterocycles. The van der Waals surface area contributed by atoms with E-state index in [1.165, 1.54) is 12.7 Å². The molecule has 1 aliphatic rings. The number of methoxy groups -OCH3 is 1. The highest BCUT2D eigenvalue weighted by atomic mass is 16.5. The zero-order chi connectivity index (χ0) is 22.1. The van der Waals surface area contributed by atoms with Gasteiger partial charge < -0.3 is 9.47 Å². The molecule has 1 unspecified atom stereocenters. The van der Waals surface area contributed by atoms with E-state index in [1.807, 2.05) is 43.3 Å². The fraction of sp³-hybridized carbons (Fsp3) is 0.440. The van der Waals surface area contributed by atoms with E-state index in [2.05, 4.69) is 34.1 Å². The molecule has 0 aromatic heterocycles. The Labute approximate surface area is 184 Å². The Morgan fingerprint density at radius 1 is 0.935 bits per heavy atom. The molecule has 1 atom stereocenters. The van der Waals surface area contributed by atoms with Crippen LogP contribution in [0.15, 0.2) is 60.7 Å². The highest BCUT2D eigenvalue weighted by Gasteiger charge is 2.48. The van der Waals surface area contributed by atoms with Crippen LogP contribution in [0.2, 0.25) is 0 Å². The Hall–Kier alpha value is -2.70. The van der Waals surface area contributed by atoms with Crippen LogP contribution in [0.4, 0.5) is 0 Å². The quantitative estimate of drug-likeness (QED) is 0.576. The smallest absolute Gasteiger partial charge is 0.331 e. The zero-order valence-corrected chi connectivity index (χ0v) is 18.5. The van der Waals surface area contributed by atoms with Gasteiger partial charge in [-0.25, -0.2) is 4.79 Å². The summed E-state index contributed by atoms with van der Waals surface area (Å²) >= 11 is 0. The minimum Gasteiger partial charge on any atom is -0.469 e. The fourth-order valence-electron chi connectivity index (χ4n) is 4.31. The highest BCUT2D eigenvalue weighted by Crippen LogP contribution is 2.36. The SMILES string of the molecule is CCOC(=O)C(CCC(=O)OC)(c1ccccc1)N1CCN(Cc2ccccc2)CC1. The predicted octanol–water partition coefficient (Wildman–Crippen LogP) is 3.22. The molecule has 0 bridgehead atoms. The van der Waals surface area contributed by atoms with Gasteiger partial charge in [0.1, 0.15) is 5.54 Å². The summed E-state index contributed by atoms with van der Waals surface area (Å²) in [7, 11) is 1.37. The summed E-state index contributed by atoms with van der Waals surface area (Å²) in [6.45, 7) is 6.07. The largest absolute Gasteiger partial charge is 0.469 e. The van der Waals surface area contributed by atoms with E-state index < -0.39 is 5.54 Å².